The van der Waals surface area contributed by atoms with Gasteiger partial charge in [0, 0.05) is 5.41 Å². The molecule has 1 nitrogen and oxygen atoms in total. The van der Waals surface area contributed by atoms with E-state index in [0.29, 0.717) is 0 Å². The number of fused-ring (bicyclic) bond motifs is 5. The second kappa shape index (κ2) is 4.34. The minimum absolute atomic E-state index is 0.226. The van der Waals surface area contributed by atoms with Crippen LogP contribution in [0.1, 0.15) is 52.4 Å². The summed E-state index contributed by atoms with van der Waals surface area (Å²) in [5, 5.41) is 9.87. The van der Waals surface area contributed by atoms with Crippen molar-refractivity contribution >= 4 is 0 Å². The summed E-state index contributed by atoms with van der Waals surface area (Å²) in [6.45, 7) is 4.79. The number of allylic oxidation sites excluding steroid dienone is 4. The molecule has 0 heterocycles. The molecule has 0 aliphatic heterocycles. The molecule has 0 amide bonds. The lowest BCUT2D eigenvalue weighted by Gasteiger charge is -2.53. The molecule has 0 aromatic rings. The first kappa shape index (κ1) is 12.9. The Hall–Kier alpha value is -0.820. The molecule has 4 aliphatic carbocycles. The third-order valence-corrected chi connectivity index (χ3v) is 6.81. The van der Waals surface area contributed by atoms with Crippen LogP contribution in [0, 0.1) is 23.2 Å². The zero-order valence-electron chi connectivity index (χ0n) is 12.7. The van der Waals surface area contributed by atoms with Crippen LogP contribution in [0.2, 0.25) is 0 Å². The summed E-state index contributed by atoms with van der Waals surface area (Å²) < 4.78 is 0. The number of hydrogen-bond acceptors (Lipinski definition) is 1. The van der Waals surface area contributed by atoms with Gasteiger partial charge in [-0.05, 0) is 63.2 Å². The molecule has 20 heavy (non-hydrogen) atoms. The van der Waals surface area contributed by atoms with Gasteiger partial charge in [-0.25, -0.2) is 0 Å². The summed E-state index contributed by atoms with van der Waals surface area (Å²) in [5.41, 5.74) is 5.26. The van der Waals surface area contributed by atoms with E-state index < -0.39 is 0 Å². The smallest absolute Gasteiger partial charge is 0.0905 e. The van der Waals surface area contributed by atoms with E-state index in [4.69, 9.17) is 0 Å². The monoisotopic (exact) mass is 270 g/mol. The Kier molecular flexibility index (Phi) is 2.79. The average Bonchev–Trinajstić information content (AvgIpc) is 2.82. The first-order valence-corrected chi connectivity index (χ1v) is 8.36. The normalized spacial score (nSPS) is 46.6. The topological polar surface area (TPSA) is 20.2 Å². The minimum Gasteiger partial charge on any atom is -0.385 e. The zero-order valence-corrected chi connectivity index (χ0v) is 12.7. The van der Waals surface area contributed by atoms with E-state index >= 15 is 0 Å². The van der Waals surface area contributed by atoms with Gasteiger partial charge in [0.2, 0.25) is 0 Å². The highest BCUT2D eigenvalue weighted by atomic mass is 16.3. The van der Waals surface area contributed by atoms with Crippen LogP contribution in [0.4, 0.5) is 0 Å². The van der Waals surface area contributed by atoms with Gasteiger partial charge in [0.15, 0.2) is 0 Å². The fourth-order valence-electron chi connectivity index (χ4n) is 5.73. The molecule has 1 heteroatoms. The molecule has 108 valence electrons. The van der Waals surface area contributed by atoms with Crippen molar-refractivity contribution in [2.24, 2.45) is 23.2 Å². The van der Waals surface area contributed by atoms with E-state index in [0.717, 1.165) is 17.8 Å². The summed E-state index contributed by atoms with van der Waals surface area (Å²) in [6.07, 6.45) is 14.1. The van der Waals surface area contributed by atoms with E-state index in [-0.39, 0.29) is 11.5 Å². The van der Waals surface area contributed by atoms with Crippen LogP contribution in [-0.4, -0.2) is 11.2 Å². The van der Waals surface area contributed by atoms with Gasteiger partial charge < -0.3 is 5.11 Å². The van der Waals surface area contributed by atoms with Crippen molar-refractivity contribution in [3.8, 4) is 0 Å². The molecule has 5 atom stereocenters. The predicted octanol–water partition coefficient (Wildman–Crippen LogP) is 4.40. The molecule has 2 saturated carbocycles. The standard InChI is InChI=1S/C19H26O/c1-12-3-5-16-15(12)7-8-18-17(16)6-4-13-11-14(20)9-10-19(13,18)2/h9-11,14,16-18,20H,3-8H2,1-2H3. The molecular formula is C19H26O. The van der Waals surface area contributed by atoms with Crippen LogP contribution in [0.25, 0.3) is 0 Å². The molecule has 2 fully saturated rings. The number of aliphatic hydroxyl groups is 1. The second-order valence-electron chi connectivity index (χ2n) is 7.62. The van der Waals surface area contributed by atoms with E-state index in [1.165, 1.54) is 44.1 Å². The third-order valence-electron chi connectivity index (χ3n) is 6.81. The lowest BCUT2D eigenvalue weighted by Crippen LogP contribution is -2.44. The van der Waals surface area contributed by atoms with Gasteiger partial charge >= 0.3 is 0 Å². The van der Waals surface area contributed by atoms with E-state index in [1.807, 2.05) is 11.6 Å². The molecular weight excluding hydrogens is 244 g/mol. The lowest BCUT2D eigenvalue weighted by molar-refractivity contribution is 0.0799. The van der Waals surface area contributed by atoms with Gasteiger partial charge in [-0.2, -0.15) is 0 Å². The molecule has 1 N–H and O–H groups in total. The minimum atomic E-state index is -0.345. The maximum absolute atomic E-state index is 9.87. The molecule has 0 bridgehead atoms. The Morgan fingerprint density at radius 3 is 2.85 bits per heavy atom. The maximum Gasteiger partial charge on any atom is 0.0905 e. The fraction of sp³-hybridized carbons (Fsp3) is 0.684. The molecule has 0 saturated heterocycles. The SMILES string of the molecule is CC1=C2CCC3C(CCC4=CC(O)C=CC43C)C2CC1. The van der Waals surface area contributed by atoms with Crippen molar-refractivity contribution in [1.82, 2.24) is 0 Å². The van der Waals surface area contributed by atoms with Crippen LogP contribution in [0.15, 0.2) is 34.9 Å². The quantitative estimate of drug-likeness (QED) is 0.647. The maximum atomic E-state index is 9.87. The van der Waals surface area contributed by atoms with Crippen LogP contribution < -0.4 is 0 Å². The number of aliphatic hydroxyl groups excluding tert-OH is 1. The Morgan fingerprint density at radius 1 is 1.15 bits per heavy atom. The van der Waals surface area contributed by atoms with Gasteiger partial charge in [-0.15, -0.1) is 0 Å². The number of hydrogen-bond donors (Lipinski definition) is 1. The Bertz CT molecular complexity index is 524. The van der Waals surface area contributed by atoms with E-state index in [9.17, 15) is 5.11 Å². The van der Waals surface area contributed by atoms with Crippen molar-refractivity contribution in [1.29, 1.82) is 0 Å². The summed E-state index contributed by atoms with van der Waals surface area (Å²) >= 11 is 0. The van der Waals surface area contributed by atoms with Crippen LogP contribution >= 0.6 is 0 Å². The zero-order chi connectivity index (χ0) is 13.9. The van der Waals surface area contributed by atoms with Gasteiger partial charge in [0.1, 0.15) is 0 Å². The molecule has 0 radical (unpaired) electrons. The van der Waals surface area contributed by atoms with Crippen molar-refractivity contribution < 1.29 is 5.11 Å². The first-order valence-electron chi connectivity index (χ1n) is 8.36. The second-order valence-corrected chi connectivity index (χ2v) is 7.62. The molecule has 4 aliphatic rings. The summed E-state index contributed by atoms with van der Waals surface area (Å²) in [6, 6.07) is 0. The fourth-order valence-corrected chi connectivity index (χ4v) is 5.73. The van der Waals surface area contributed by atoms with Crippen LogP contribution in [0.3, 0.4) is 0 Å². The van der Waals surface area contributed by atoms with Gasteiger partial charge in [0.25, 0.3) is 0 Å². The average molecular weight is 270 g/mol. The van der Waals surface area contributed by atoms with Gasteiger partial charge in [-0.1, -0.05) is 41.9 Å². The van der Waals surface area contributed by atoms with Crippen molar-refractivity contribution in [2.75, 3.05) is 0 Å². The molecule has 4 rings (SSSR count). The van der Waals surface area contributed by atoms with E-state index in [1.54, 1.807) is 5.57 Å². The first-order chi connectivity index (χ1) is 9.59. The molecule has 0 spiro atoms. The van der Waals surface area contributed by atoms with Crippen molar-refractivity contribution in [3.05, 3.63) is 34.9 Å². The largest absolute Gasteiger partial charge is 0.385 e. The summed E-state index contributed by atoms with van der Waals surface area (Å²) in [4.78, 5) is 0. The Morgan fingerprint density at radius 2 is 2.00 bits per heavy atom. The summed E-state index contributed by atoms with van der Waals surface area (Å²) in [7, 11) is 0. The van der Waals surface area contributed by atoms with Crippen molar-refractivity contribution in [3.63, 3.8) is 0 Å². The Balaban J connectivity index is 1.70. The molecule has 0 aromatic heterocycles. The number of rotatable bonds is 0. The van der Waals surface area contributed by atoms with Gasteiger partial charge in [0.05, 0.1) is 6.10 Å². The highest BCUT2D eigenvalue weighted by Crippen LogP contribution is 2.60. The predicted molar refractivity (Wildman–Crippen MR) is 82.2 cm³/mol. The van der Waals surface area contributed by atoms with Crippen LogP contribution in [-0.2, 0) is 0 Å². The summed E-state index contributed by atoms with van der Waals surface area (Å²) in [5.74, 6) is 2.57. The highest BCUT2D eigenvalue weighted by molar-refractivity contribution is 5.35. The van der Waals surface area contributed by atoms with Crippen LogP contribution in [0.5, 0.6) is 0 Å². The molecule has 5 unspecified atom stereocenters. The third kappa shape index (κ3) is 1.65. The highest BCUT2D eigenvalue weighted by Gasteiger charge is 2.50. The lowest BCUT2D eigenvalue weighted by atomic mass is 9.52. The van der Waals surface area contributed by atoms with Crippen molar-refractivity contribution in [2.45, 2.75) is 58.5 Å². The Labute approximate surface area is 122 Å². The molecule has 0 aromatic carbocycles. The van der Waals surface area contributed by atoms with E-state index in [2.05, 4.69) is 26.0 Å². The van der Waals surface area contributed by atoms with Gasteiger partial charge in [-0.3, -0.25) is 0 Å².